The molecule has 1 aliphatic heterocycles. The fourth-order valence-electron chi connectivity index (χ4n) is 4.66. The van der Waals surface area contributed by atoms with Gasteiger partial charge in [0.25, 0.3) is 5.95 Å². The summed E-state index contributed by atoms with van der Waals surface area (Å²) in [6.45, 7) is 3.40. The van der Waals surface area contributed by atoms with Gasteiger partial charge in [-0.05, 0) is 50.4 Å². The van der Waals surface area contributed by atoms with Crippen molar-refractivity contribution in [1.82, 2.24) is 24.8 Å². The predicted molar refractivity (Wildman–Crippen MR) is 111 cm³/mol. The summed E-state index contributed by atoms with van der Waals surface area (Å²) < 4.78 is 78.1. The molecule has 13 heteroatoms. The molecule has 0 unspecified atom stereocenters. The second-order valence-electron chi connectivity index (χ2n) is 8.82. The fourth-order valence-corrected chi connectivity index (χ4v) is 4.66. The second-order valence-corrected chi connectivity index (χ2v) is 8.82. The number of hydrogen-bond acceptors (Lipinski definition) is 7. The molecule has 0 radical (unpaired) electrons. The van der Waals surface area contributed by atoms with Crippen LogP contribution in [0.5, 0.6) is 5.75 Å². The van der Waals surface area contributed by atoms with Crippen molar-refractivity contribution in [3.63, 3.8) is 0 Å². The minimum absolute atomic E-state index is 0.00932. The molecule has 0 bridgehead atoms. The van der Waals surface area contributed by atoms with E-state index < -0.39 is 35.0 Å². The third-order valence-corrected chi connectivity index (χ3v) is 6.74. The molecular weight excluding hydrogens is 477 g/mol. The van der Waals surface area contributed by atoms with Crippen molar-refractivity contribution in [2.75, 3.05) is 13.1 Å². The van der Waals surface area contributed by atoms with Crippen molar-refractivity contribution >= 4 is 16.9 Å². The quantitative estimate of drug-likeness (QED) is 0.291. The van der Waals surface area contributed by atoms with Crippen LogP contribution in [0.1, 0.15) is 56.5 Å². The molecular formula is C22H22F5N5O3. The summed E-state index contributed by atoms with van der Waals surface area (Å²) in [5, 5.41) is 7.76. The largest absolute Gasteiger partial charge is 0.491 e. The number of esters is 1. The van der Waals surface area contributed by atoms with E-state index in [9.17, 15) is 26.7 Å². The van der Waals surface area contributed by atoms with Crippen LogP contribution in [0.4, 0.5) is 22.0 Å². The molecule has 3 heterocycles. The number of alkyl halides is 3. The molecule has 2 aliphatic rings. The molecule has 2 aromatic heterocycles. The SMILES string of the molecule is CCc1nn(-c2noc(C3CCN(C4CCC4)CC3)n2)c2c(F)c(F)cc(OC(=O)C(F)(F)F)c12. The number of ether oxygens (including phenoxy) is 1. The minimum atomic E-state index is -5.32. The van der Waals surface area contributed by atoms with Crippen LogP contribution in [-0.4, -0.2) is 56.1 Å². The molecule has 2 fully saturated rings. The lowest BCUT2D eigenvalue weighted by molar-refractivity contribution is -0.189. The van der Waals surface area contributed by atoms with Crippen LogP contribution in [0.2, 0.25) is 0 Å². The highest BCUT2D eigenvalue weighted by molar-refractivity contribution is 5.92. The molecule has 1 aliphatic carbocycles. The van der Waals surface area contributed by atoms with Gasteiger partial charge in [0.05, 0.1) is 11.1 Å². The van der Waals surface area contributed by atoms with E-state index in [1.807, 2.05) is 0 Å². The Morgan fingerprint density at radius 2 is 1.91 bits per heavy atom. The van der Waals surface area contributed by atoms with Crippen LogP contribution in [-0.2, 0) is 11.2 Å². The Kier molecular flexibility index (Phi) is 5.98. The Morgan fingerprint density at radius 1 is 1.20 bits per heavy atom. The smallest absolute Gasteiger partial charge is 0.419 e. The monoisotopic (exact) mass is 499 g/mol. The van der Waals surface area contributed by atoms with Gasteiger partial charge in [-0.2, -0.15) is 27.9 Å². The van der Waals surface area contributed by atoms with E-state index in [-0.39, 0.29) is 29.4 Å². The average Bonchev–Trinajstić information content (AvgIpc) is 3.41. The number of carbonyl (C=O) groups is 1. The van der Waals surface area contributed by atoms with Gasteiger partial charge >= 0.3 is 12.1 Å². The van der Waals surface area contributed by atoms with Crippen molar-refractivity contribution in [3.8, 4) is 11.7 Å². The first-order valence-corrected chi connectivity index (χ1v) is 11.4. The highest BCUT2D eigenvalue weighted by Crippen LogP contribution is 2.37. The summed E-state index contributed by atoms with van der Waals surface area (Å²) in [5.41, 5.74) is -0.469. The zero-order valence-corrected chi connectivity index (χ0v) is 18.7. The van der Waals surface area contributed by atoms with Gasteiger partial charge < -0.3 is 14.2 Å². The number of halogens is 5. The molecule has 1 aromatic carbocycles. The molecule has 1 saturated heterocycles. The average molecular weight is 499 g/mol. The second kappa shape index (κ2) is 8.85. The highest BCUT2D eigenvalue weighted by Gasteiger charge is 2.42. The summed E-state index contributed by atoms with van der Waals surface area (Å²) in [5.74, 6) is -6.13. The number of carbonyl (C=O) groups excluding carboxylic acids is 1. The molecule has 8 nitrogen and oxygen atoms in total. The first-order chi connectivity index (χ1) is 16.7. The number of aryl methyl sites for hydroxylation is 1. The van der Waals surface area contributed by atoms with Crippen LogP contribution in [0, 0.1) is 11.6 Å². The zero-order valence-electron chi connectivity index (χ0n) is 18.7. The maximum absolute atomic E-state index is 14.9. The van der Waals surface area contributed by atoms with Gasteiger partial charge in [-0.25, -0.2) is 13.6 Å². The Morgan fingerprint density at radius 3 is 2.51 bits per heavy atom. The van der Waals surface area contributed by atoms with Gasteiger partial charge in [0, 0.05) is 18.0 Å². The Hall–Kier alpha value is -3.09. The van der Waals surface area contributed by atoms with E-state index in [2.05, 4.69) is 24.9 Å². The molecule has 1 saturated carbocycles. The first-order valence-electron chi connectivity index (χ1n) is 11.4. The first kappa shape index (κ1) is 23.6. The third-order valence-electron chi connectivity index (χ3n) is 6.74. The molecule has 35 heavy (non-hydrogen) atoms. The Balaban J connectivity index is 1.48. The summed E-state index contributed by atoms with van der Waals surface area (Å²) in [6.07, 6.45) is 0.0839. The summed E-state index contributed by atoms with van der Waals surface area (Å²) in [4.78, 5) is 18.2. The number of fused-ring (bicyclic) bond motifs is 1. The summed E-state index contributed by atoms with van der Waals surface area (Å²) in [7, 11) is 0. The Labute approximate surface area is 196 Å². The summed E-state index contributed by atoms with van der Waals surface area (Å²) >= 11 is 0. The van der Waals surface area contributed by atoms with Gasteiger partial charge in [-0.1, -0.05) is 13.3 Å². The van der Waals surface area contributed by atoms with E-state index in [0.29, 0.717) is 18.0 Å². The summed E-state index contributed by atoms with van der Waals surface area (Å²) in [6, 6.07) is 1.03. The molecule has 188 valence electrons. The fraction of sp³-hybridized carbons (Fsp3) is 0.545. The Bertz CT molecular complexity index is 1260. The van der Waals surface area contributed by atoms with Crippen molar-refractivity contribution in [1.29, 1.82) is 0 Å². The highest BCUT2D eigenvalue weighted by atomic mass is 19.4. The lowest BCUT2D eigenvalue weighted by Crippen LogP contribution is -2.44. The van der Waals surface area contributed by atoms with E-state index >= 15 is 0 Å². The molecule has 0 amide bonds. The van der Waals surface area contributed by atoms with Crippen LogP contribution in [0.3, 0.4) is 0 Å². The van der Waals surface area contributed by atoms with Crippen LogP contribution in [0.25, 0.3) is 16.9 Å². The molecule has 0 spiro atoms. The lowest BCUT2D eigenvalue weighted by atomic mass is 9.88. The van der Waals surface area contributed by atoms with E-state index in [4.69, 9.17) is 4.52 Å². The number of piperidine rings is 1. The number of rotatable bonds is 5. The number of likely N-dealkylation sites (tertiary alicyclic amines) is 1. The van der Waals surface area contributed by atoms with Crippen molar-refractivity contribution < 1.29 is 36.0 Å². The molecule has 0 atom stereocenters. The maximum atomic E-state index is 14.9. The maximum Gasteiger partial charge on any atom is 0.491 e. The number of hydrogen-bond donors (Lipinski definition) is 0. The van der Waals surface area contributed by atoms with Crippen molar-refractivity contribution in [2.24, 2.45) is 0 Å². The minimum Gasteiger partial charge on any atom is -0.419 e. The van der Waals surface area contributed by atoms with E-state index in [1.165, 1.54) is 19.3 Å². The number of benzene rings is 1. The molecule has 3 aromatic rings. The molecule has 5 rings (SSSR count). The topological polar surface area (TPSA) is 86.3 Å². The van der Waals surface area contributed by atoms with E-state index in [1.54, 1.807) is 6.92 Å². The lowest BCUT2D eigenvalue weighted by Gasteiger charge is -2.41. The van der Waals surface area contributed by atoms with E-state index in [0.717, 1.165) is 30.6 Å². The normalized spacial score (nSPS) is 18.2. The molecule has 0 N–H and O–H groups in total. The predicted octanol–water partition coefficient (Wildman–Crippen LogP) is 4.45. The van der Waals surface area contributed by atoms with Gasteiger partial charge in [-0.15, -0.1) is 0 Å². The number of nitrogens with zero attached hydrogens (tertiary/aromatic N) is 5. The van der Waals surface area contributed by atoms with Crippen molar-refractivity contribution in [2.45, 2.75) is 63.6 Å². The van der Waals surface area contributed by atoms with Gasteiger partial charge in [0.15, 0.2) is 11.6 Å². The van der Waals surface area contributed by atoms with Crippen LogP contribution >= 0.6 is 0 Å². The van der Waals surface area contributed by atoms with Gasteiger partial charge in [0.1, 0.15) is 11.3 Å². The third kappa shape index (κ3) is 4.26. The van der Waals surface area contributed by atoms with Gasteiger partial charge in [-0.3, -0.25) is 0 Å². The van der Waals surface area contributed by atoms with Gasteiger partial charge in [0.2, 0.25) is 5.89 Å². The van der Waals surface area contributed by atoms with Crippen LogP contribution in [0.15, 0.2) is 10.6 Å². The standard InChI is InChI=1S/C22H22F5N5O3/c1-2-14-16-15(34-20(33)22(25,26)27)10-13(23)17(24)18(16)32(29-14)21-28-19(35-30-21)11-6-8-31(9-7-11)12-4-3-5-12/h10-12H,2-9H2,1H3. The van der Waals surface area contributed by atoms with Crippen molar-refractivity contribution in [3.05, 3.63) is 29.3 Å². The number of aromatic nitrogens is 4. The van der Waals surface area contributed by atoms with Crippen LogP contribution < -0.4 is 4.74 Å². The zero-order chi connectivity index (χ0) is 24.9.